The number of ether oxygens (including phenoxy) is 1. The summed E-state index contributed by atoms with van der Waals surface area (Å²) in [5, 5.41) is 4.48. The molecule has 1 saturated heterocycles. The highest BCUT2D eigenvalue weighted by Crippen LogP contribution is 2.34. The molecule has 2 aromatic heterocycles. The highest BCUT2D eigenvalue weighted by atomic mass is 16.5. The monoisotopic (exact) mass is 432 g/mol. The van der Waals surface area contributed by atoms with Crippen LogP contribution in [0.3, 0.4) is 0 Å². The molecule has 1 atom stereocenters. The van der Waals surface area contributed by atoms with Crippen LogP contribution in [-0.4, -0.2) is 75.8 Å². The van der Waals surface area contributed by atoms with Crippen molar-refractivity contribution < 1.29 is 9.53 Å². The lowest BCUT2D eigenvalue weighted by atomic mass is 9.90. The summed E-state index contributed by atoms with van der Waals surface area (Å²) in [5.74, 6) is 1.30. The van der Waals surface area contributed by atoms with Crippen molar-refractivity contribution in [1.82, 2.24) is 29.5 Å². The number of aryl methyl sites for hydroxylation is 2. The first-order chi connectivity index (χ1) is 15.5. The first kappa shape index (κ1) is 20.6. The fourth-order valence-electron chi connectivity index (χ4n) is 4.65. The minimum atomic E-state index is 0.0196. The van der Waals surface area contributed by atoms with Crippen molar-refractivity contribution >= 4 is 5.91 Å². The van der Waals surface area contributed by atoms with E-state index in [-0.39, 0.29) is 5.91 Å². The molecule has 1 aliphatic heterocycles. The number of rotatable bonds is 4. The molecular formula is C24H28N6O2. The molecule has 166 valence electrons. The predicted octanol–water partition coefficient (Wildman–Crippen LogP) is 2.52. The van der Waals surface area contributed by atoms with E-state index in [1.54, 1.807) is 18.0 Å². The van der Waals surface area contributed by atoms with Gasteiger partial charge in [0.25, 0.3) is 11.9 Å². The number of carbonyl (C=O) groups is 1. The molecule has 5 rings (SSSR count). The average molecular weight is 433 g/mol. The van der Waals surface area contributed by atoms with Gasteiger partial charge in [-0.2, -0.15) is 5.10 Å². The molecule has 1 aromatic carbocycles. The van der Waals surface area contributed by atoms with Gasteiger partial charge in [0.05, 0.1) is 30.3 Å². The molecule has 8 heteroatoms. The zero-order valence-corrected chi connectivity index (χ0v) is 19.0. The van der Waals surface area contributed by atoms with Gasteiger partial charge in [-0.1, -0.05) is 6.07 Å². The lowest BCUT2D eigenvalue weighted by Gasteiger charge is -2.20. The summed E-state index contributed by atoms with van der Waals surface area (Å²) in [5.41, 5.74) is 5.70. The van der Waals surface area contributed by atoms with Crippen LogP contribution >= 0.6 is 0 Å². The Hall–Kier alpha value is -3.26. The van der Waals surface area contributed by atoms with Crippen molar-refractivity contribution in [2.24, 2.45) is 0 Å². The molecule has 1 amide bonds. The number of amides is 1. The minimum absolute atomic E-state index is 0.0196. The maximum atomic E-state index is 13.1. The normalized spacial score (nSPS) is 17.4. The van der Waals surface area contributed by atoms with Crippen LogP contribution in [0, 0.1) is 6.92 Å². The standard InChI is InChI=1S/C24H28N6O2/c1-15-21(23(31)29-10-9-18(14-29)28(2)3)13-26-30(15)24-25-12-17-6-5-16-7-8-19(32-4)11-20(16)22(17)27-24/h7-8,11-13,18H,5-6,9-10,14H2,1-4H3/t18-/m0/s1. The molecule has 1 aliphatic carbocycles. The number of benzene rings is 1. The van der Waals surface area contributed by atoms with Gasteiger partial charge in [-0.3, -0.25) is 4.79 Å². The fourth-order valence-corrected chi connectivity index (χ4v) is 4.65. The summed E-state index contributed by atoms with van der Waals surface area (Å²) >= 11 is 0. The number of hydrogen-bond donors (Lipinski definition) is 0. The SMILES string of the molecule is COc1ccc2c(c1)-c1nc(-n3ncc(C(=O)N4CC[C@H](N(C)C)C4)c3C)ncc1CC2. The number of methoxy groups -OCH3 is 1. The topological polar surface area (TPSA) is 76.4 Å². The first-order valence-electron chi connectivity index (χ1n) is 11.0. The Balaban J connectivity index is 1.47. The summed E-state index contributed by atoms with van der Waals surface area (Å²) in [6.45, 7) is 3.41. The van der Waals surface area contributed by atoms with Crippen molar-refractivity contribution in [3.8, 4) is 23.0 Å². The molecule has 3 heterocycles. The van der Waals surface area contributed by atoms with E-state index in [1.807, 2.05) is 30.2 Å². The molecule has 2 aliphatic rings. The molecule has 3 aromatic rings. The highest BCUT2D eigenvalue weighted by Gasteiger charge is 2.30. The largest absolute Gasteiger partial charge is 0.497 e. The van der Waals surface area contributed by atoms with E-state index in [9.17, 15) is 4.79 Å². The zero-order chi connectivity index (χ0) is 22.4. The third kappa shape index (κ3) is 3.44. The Bertz CT molecular complexity index is 1190. The van der Waals surface area contributed by atoms with E-state index < -0.39 is 0 Å². The number of aromatic nitrogens is 4. The van der Waals surface area contributed by atoms with Crippen LogP contribution in [0.25, 0.3) is 17.2 Å². The van der Waals surface area contributed by atoms with Gasteiger partial charge in [-0.15, -0.1) is 0 Å². The molecular weight excluding hydrogens is 404 g/mol. The summed E-state index contributed by atoms with van der Waals surface area (Å²) in [7, 11) is 5.79. The number of carbonyl (C=O) groups excluding carboxylic acids is 1. The molecule has 0 saturated carbocycles. The van der Waals surface area contributed by atoms with Crippen LogP contribution in [0.15, 0.2) is 30.6 Å². The fraction of sp³-hybridized carbons (Fsp3) is 0.417. The van der Waals surface area contributed by atoms with Crippen molar-refractivity contribution in [3.63, 3.8) is 0 Å². The Kier molecular flexibility index (Phi) is 5.17. The number of likely N-dealkylation sites (tertiary alicyclic amines) is 1. The van der Waals surface area contributed by atoms with Crippen molar-refractivity contribution in [1.29, 1.82) is 0 Å². The summed E-state index contributed by atoms with van der Waals surface area (Å²) in [4.78, 5) is 26.7. The Morgan fingerprint density at radius 2 is 2.00 bits per heavy atom. The summed E-state index contributed by atoms with van der Waals surface area (Å²) < 4.78 is 7.09. The van der Waals surface area contributed by atoms with Gasteiger partial charge >= 0.3 is 0 Å². The third-order valence-corrected chi connectivity index (χ3v) is 6.70. The molecule has 0 unspecified atom stereocenters. The Labute approximate surface area is 187 Å². The molecule has 0 radical (unpaired) electrons. The van der Waals surface area contributed by atoms with Gasteiger partial charge < -0.3 is 14.5 Å². The van der Waals surface area contributed by atoms with E-state index in [0.717, 1.165) is 60.6 Å². The van der Waals surface area contributed by atoms with Gasteiger partial charge in [0.15, 0.2) is 0 Å². The van der Waals surface area contributed by atoms with Crippen molar-refractivity contribution in [2.45, 2.75) is 32.2 Å². The van der Waals surface area contributed by atoms with Crippen LogP contribution in [0.5, 0.6) is 5.75 Å². The first-order valence-corrected chi connectivity index (χ1v) is 11.0. The van der Waals surface area contributed by atoms with E-state index in [2.05, 4.69) is 35.1 Å². The second-order valence-electron chi connectivity index (χ2n) is 8.78. The predicted molar refractivity (Wildman–Crippen MR) is 121 cm³/mol. The van der Waals surface area contributed by atoms with Crippen LogP contribution in [0.4, 0.5) is 0 Å². The van der Waals surface area contributed by atoms with E-state index >= 15 is 0 Å². The molecule has 1 fully saturated rings. The number of likely N-dealkylation sites (N-methyl/N-ethyl adjacent to an activating group) is 1. The van der Waals surface area contributed by atoms with Crippen LogP contribution in [-0.2, 0) is 12.8 Å². The molecule has 32 heavy (non-hydrogen) atoms. The van der Waals surface area contributed by atoms with Crippen molar-refractivity contribution in [3.05, 3.63) is 53.0 Å². The lowest BCUT2D eigenvalue weighted by Crippen LogP contribution is -2.34. The quantitative estimate of drug-likeness (QED) is 0.631. The zero-order valence-electron chi connectivity index (χ0n) is 19.0. The van der Waals surface area contributed by atoms with Crippen LogP contribution in [0.2, 0.25) is 0 Å². The van der Waals surface area contributed by atoms with Crippen molar-refractivity contribution in [2.75, 3.05) is 34.3 Å². The number of fused-ring (bicyclic) bond motifs is 3. The molecule has 0 N–H and O–H groups in total. The van der Waals surface area contributed by atoms with Gasteiger partial charge in [0, 0.05) is 30.9 Å². The average Bonchev–Trinajstić information content (AvgIpc) is 3.45. The smallest absolute Gasteiger partial charge is 0.257 e. The van der Waals surface area contributed by atoms with Crippen LogP contribution < -0.4 is 4.74 Å². The second kappa shape index (κ2) is 8.02. The summed E-state index contributed by atoms with van der Waals surface area (Å²) in [6.07, 6.45) is 6.37. The van der Waals surface area contributed by atoms with E-state index in [1.165, 1.54) is 5.56 Å². The van der Waals surface area contributed by atoms with E-state index in [0.29, 0.717) is 17.6 Å². The number of nitrogens with zero attached hydrogens (tertiary/aromatic N) is 6. The third-order valence-electron chi connectivity index (χ3n) is 6.70. The Morgan fingerprint density at radius 1 is 1.19 bits per heavy atom. The molecule has 8 nitrogen and oxygen atoms in total. The van der Waals surface area contributed by atoms with Gasteiger partial charge in [0.1, 0.15) is 5.75 Å². The van der Waals surface area contributed by atoms with Gasteiger partial charge in [-0.25, -0.2) is 14.6 Å². The second-order valence-corrected chi connectivity index (χ2v) is 8.78. The lowest BCUT2D eigenvalue weighted by molar-refractivity contribution is 0.0782. The Morgan fingerprint density at radius 3 is 2.75 bits per heavy atom. The van der Waals surface area contributed by atoms with Gasteiger partial charge in [0.2, 0.25) is 0 Å². The minimum Gasteiger partial charge on any atom is -0.497 e. The number of hydrogen-bond acceptors (Lipinski definition) is 6. The maximum Gasteiger partial charge on any atom is 0.257 e. The summed E-state index contributed by atoms with van der Waals surface area (Å²) in [6, 6.07) is 6.52. The van der Waals surface area contributed by atoms with E-state index in [4.69, 9.17) is 9.72 Å². The van der Waals surface area contributed by atoms with Crippen LogP contribution in [0.1, 0.15) is 33.6 Å². The molecule has 0 bridgehead atoms. The molecule has 0 spiro atoms. The maximum absolute atomic E-state index is 13.1. The highest BCUT2D eigenvalue weighted by molar-refractivity contribution is 5.95. The van der Waals surface area contributed by atoms with Gasteiger partial charge in [-0.05, 0) is 63.5 Å².